The smallest absolute Gasteiger partial charge is 0.328 e. The number of rotatable bonds is 3. The predicted octanol–water partition coefficient (Wildman–Crippen LogP) is -1.46. The van der Waals surface area contributed by atoms with E-state index in [2.05, 4.69) is 0 Å². The molecule has 0 radical (unpaired) electrons. The number of hydrogen-bond donors (Lipinski definition) is 3. The van der Waals surface area contributed by atoms with E-state index >= 15 is 0 Å². The van der Waals surface area contributed by atoms with Gasteiger partial charge in [0.05, 0.1) is 19.3 Å². The highest BCUT2D eigenvalue weighted by molar-refractivity contribution is 6.30. The first-order valence-corrected chi connectivity index (χ1v) is 4.20. The molecule has 1 aromatic rings. The zero-order valence-corrected chi connectivity index (χ0v) is 7.86. The van der Waals surface area contributed by atoms with Crippen LogP contribution in [-0.4, -0.2) is 32.5 Å². The van der Waals surface area contributed by atoms with Crippen LogP contribution in [0, 0.1) is 0 Å². The summed E-state index contributed by atoms with van der Waals surface area (Å²) >= 11 is 5.46. The monoisotopic (exact) mass is 220 g/mol. The van der Waals surface area contributed by atoms with E-state index in [1.54, 1.807) is 0 Å². The lowest BCUT2D eigenvalue weighted by Gasteiger charge is -2.08. The molecule has 78 valence electrons. The molecular weight excluding hydrogens is 212 g/mol. The van der Waals surface area contributed by atoms with Crippen molar-refractivity contribution in [2.75, 3.05) is 6.61 Å². The van der Waals surface area contributed by atoms with Crippen molar-refractivity contribution in [3.8, 4) is 0 Å². The minimum absolute atomic E-state index is 0.119. The third-order valence-electron chi connectivity index (χ3n) is 1.59. The van der Waals surface area contributed by atoms with Gasteiger partial charge in [-0.3, -0.25) is 14.3 Å². The lowest BCUT2D eigenvalue weighted by Crippen LogP contribution is -2.33. The Morgan fingerprint density at radius 2 is 2.21 bits per heavy atom. The van der Waals surface area contributed by atoms with Crippen LogP contribution in [0.15, 0.2) is 15.8 Å². The van der Waals surface area contributed by atoms with Crippen LogP contribution in [0.2, 0.25) is 5.02 Å². The van der Waals surface area contributed by atoms with Gasteiger partial charge in [-0.05, 0) is 0 Å². The fraction of sp³-hybridized carbons (Fsp3) is 0.429. The number of aromatic amines is 1. The van der Waals surface area contributed by atoms with Crippen molar-refractivity contribution in [3.05, 3.63) is 32.1 Å². The third-order valence-corrected chi connectivity index (χ3v) is 1.85. The summed E-state index contributed by atoms with van der Waals surface area (Å²) in [7, 11) is 0. The molecular formula is C7H9ClN2O4. The quantitative estimate of drug-likeness (QED) is 0.580. The van der Waals surface area contributed by atoms with Gasteiger partial charge in [-0.25, -0.2) is 4.79 Å². The van der Waals surface area contributed by atoms with E-state index in [0.29, 0.717) is 0 Å². The van der Waals surface area contributed by atoms with Gasteiger partial charge in [0.2, 0.25) is 0 Å². The fourth-order valence-electron chi connectivity index (χ4n) is 0.903. The van der Waals surface area contributed by atoms with Crippen LogP contribution in [-0.2, 0) is 6.54 Å². The number of nitrogens with zero attached hydrogens (tertiary/aromatic N) is 1. The average Bonchev–Trinajstić information content (AvgIpc) is 2.14. The van der Waals surface area contributed by atoms with E-state index in [4.69, 9.17) is 21.8 Å². The van der Waals surface area contributed by atoms with Crippen molar-refractivity contribution in [3.63, 3.8) is 0 Å². The largest absolute Gasteiger partial charge is 0.394 e. The van der Waals surface area contributed by atoms with Crippen LogP contribution in [0.5, 0.6) is 0 Å². The maximum atomic E-state index is 11.1. The number of aliphatic hydroxyl groups is 2. The van der Waals surface area contributed by atoms with Gasteiger partial charge in [0.15, 0.2) is 0 Å². The highest BCUT2D eigenvalue weighted by Gasteiger charge is 2.07. The lowest BCUT2D eigenvalue weighted by molar-refractivity contribution is 0.0800. The zero-order valence-electron chi connectivity index (χ0n) is 7.11. The first-order chi connectivity index (χ1) is 6.54. The van der Waals surface area contributed by atoms with E-state index in [0.717, 1.165) is 10.8 Å². The predicted molar refractivity (Wildman–Crippen MR) is 49.4 cm³/mol. The van der Waals surface area contributed by atoms with Crippen molar-refractivity contribution in [1.29, 1.82) is 0 Å². The lowest BCUT2D eigenvalue weighted by atomic mass is 10.4. The minimum atomic E-state index is -1.06. The molecule has 0 saturated heterocycles. The number of hydrogen-bond acceptors (Lipinski definition) is 4. The van der Waals surface area contributed by atoms with Crippen LogP contribution in [0.4, 0.5) is 0 Å². The van der Waals surface area contributed by atoms with Gasteiger partial charge in [-0.1, -0.05) is 11.6 Å². The molecule has 1 heterocycles. The summed E-state index contributed by atoms with van der Waals surface area (Å²) in [5.41, 5.74) is -1.35. The first-order valence-electron chi connectivity index (χ1n) is 3.82. The second-order valence-corrected chi connectivity index (χ2v) is 3.13. The summed E-state index contributed by atoms with van der Waals surface area (Å²) in [6.07, 6.45) is 0.0522. The summed E-state index contributed by atoms with van der Waals surface area (Å²) in [6, 6.07) is 0. The van der Waals surface area contributed by atoms with E-state index in [1.807, 2.05) is 4.98 Å². The summed E-state index contributed by atoms with van der Waals surface area (Å²) in [4.78, 5) is 23.9. The molecule has 0 aliphatic heterocycles. The molecule has 0 aromatic carbocycles. The molecule has 3 N–H and O–H groups in total. The number of halogens is 1. The van der Waals surface area contributed by atoms with E-state index < -0.39 is 24.0 Å². The van der Waals surface area contributed by atoms with Gasteiger partial charge < -0.3 is 10.2 Å². The van der Waals surface area contributed by atoms with Gasteiger partial charge >= 0.3 is 5.69 Å². The molecule has 1 aromatic heterocycles. The molecule has 0 amide bonds. The molecule has 14 heavy (non-hydrogen) atoms. The number of aromatic nitrogens is 2. The Hall–Kier alpha value is -1.11. The molecule has 7 heteroatoms. The van der Waals surface area contributed by atoms with Crippen LogP contribution >= 0.6 is 11.6 Å². The van der Waals surface area contributed by atoms with Gasteiger partial charge in [-0.2, -0.15) is 0 Å². The van der Waals surface area contributed by atoms with Gasteiger partial charge in [-0.15, -0.1) is 0 Å². The molecule has 6 nitrogen and oxygen atoms in total. The molecule has 0 unspecified atom stereocenters. The molecule has 1 rings (SSSR count). The zero-order chi connectivity index (χ0) is 10.7. The van der Waals surface area contributed by atoms with Crippen LogP contribution in [0.3, 0.4) is 0 Å². The molecule has 0 fully saturated rings. The molecule has 0 saturated carbocycles. The normalized spacial score (nSPS) is 12.8. The molecule has 0 bridgehead atoms. The van der Waals surface area contributed by atoms with E-state index in [9.17, 15) is 9.59 Å². The average molecular weight is 221 g/mol. The SMILES string of the molecule is O=c1[nH]c(=O)n(C[C@@H](O)CO)cc1Cl. The summed E-state index contributed by atoms with van der Waals surface area (Å²) < 4.78 is 1.02. The van der Waals surface area contributed by atoms with E-state index in [-0.39, 0.29) is 11.6 Å². The minimum Gasteiger partial charge on any atom is -0.394 e. The highest BCUT2D eigenvalue weighted by atomic mass is 35.5. The van der Waals surface area contributed by atoms with Gasteiger partial charge in [0, 0.05) is 6.20 Å². The van der Waals surface area contributed by atoms with Crippen LogP contribution in [0.1, 0.15) is 0 Å². The number of nitrogens with one attached hydrogen (secondary N) is 1. The third kappa shape index (κ3) is 2.44. The summed E-state index contributed by atoms with van der Waals surface area (Å²) in [5.74, 6) is 0. The maximum absolute atomic E-state index is 11.1. The second kappa shape index (κ2) is 4.41. The van der Waals surface area contributed by atoms with Gasteiger partial charge in [0.1, 0.15) is 5.02 Å². The molecule has 0 spiro atoms. The van der Waals surface area contributed by atoms with Crippen molar-refractivity contribution in [1.82, 2.24) is 9.55 Å². The Morgan fingerprint density at radius 1 is 1.57 bits per heavy atom. The number of H-pyrrole nitrogens is 1. The standard InChI is InChI=1S/C7H9ClN2O4/c8-5-2-10(1-4(12)3-11)7(14)9-6(5)13/h2,4,11-12H,1,3H2,(H,9,13,14)/t4-/m1/s1. The van der Waals surface area contributed by atoms with E-state index in [1.165, 1.54) is 0 Å². The van der Waals surface area contributed by atoms with Gasteiger partial charge in [0.25, 0.3) is 5.56 Å². The Bertz CT molecular complexity index is 424. The van der Waals surface area contributed by atoms with Crippen molar-refractivity contribution in [2.45, 2.75) is 12.6 Å². The Labute approximate surface area is 83.4 Å². The summed E-state index contributed by atoms with van der Waals surface area (Å²) in [5, 5.41) is 17.4. The Balaban J connectivity index is 3.04. The molecule has 1 atom stereocenters. The second-order valence-electron chi connectivity index (χ2n) is 2.73. The van der Waals surface area contributed by atoms with Crippen molar-refractivity contribution < 1.29 is 10.2 Å². The fourth-order valence-corrected chi connectivity index (χ4v) is 1.07. The molecule has 0 aliphatic carbocycles. The summed E-state index contributed by atoms with van der Waals surface area (Å²) in [6.45, 7) is -0.588. The molecule has 0 aliphatic rings. The van der Waals surface area contributed by atoms with Crippen molar-refractivity contribution in [2.24, 2.45) is 0 Å². The number of aliphatic hydroxyl groups excluding tert-OH is 2. The maximum Gasteiger partial charge on any atom is 0.328 e. The topological polar surface area (TPSA) is 95.3 Å². The first kappa shape index (κ1) is 11.0. The Morgan fingerprint density at radius 3 is 2.79 bits per heavy atom. The van der Waals surface area contributed by atoms with Crippen molar-refractivity contribution >= 4 is 11.6 Å². The highest BCUT2D eigenvalue weighted by Crippen LogP contribution is 1.96. The van der Waals surface area contributed by atoms with Crippen LogP contribution < -0.4 is 11.2 Å². The Kier molecular flexibility index (Phi) is 3.45. The van der Waals surface area contributed by atoms with Crippen LogP contribution in [0.25, 0.3) is 0 Å².